The van der Waals surface area contributed by atoms with E-state index in [-0.39, 0.29) is 12.6 Å². The Kier molecular flexibility index (Phi) is 4.53. The molecule has 0 radical (unpaired) electrons. The number of carboxylic acids is 1. The third kappa shape index (κ3) is 3.45. The smallest absolute Gasteiger partial charge is 0.324 e. The molecule has 2 N–H and O–H groups in total. The number of rotatable bonds is 6. The van der Waals surface area contributed by atoms with Crippen molar-refractivity contribution < 1.29 is 14.6 Å². The van der Waals surface area contributed by atoms with Gasteiger partial charge in [0.1, 0.15) is 18.4 Å². The first-order valence-corrected chi connectivity index (χ1v) is 6.53. The monoisotopic (exact) mass is 274 g/mol. The van der Waals surface area contributed by atoms with Crippen LogP contribution < -0.4 is 10.1 Å². The molecule has 1 aromatic heterocycles. The lowest BCUT2D eigenvalue weighted by molar-refractivity contribution is -0.140. The first-order chi connectivity index (χ1) is 9.58. The summed E-state index contributed by atoms with van der Waals surface area (Å²) in [5.41, 5.74) is 0.827. The van der Waals surface area contributed by atoms with E-state index >= 15 is 0 Å². The molecule has 2 rings (SSSR count). The predicted molar refractivity (Wildman–Crippen MR) is 76.9 cm³/mol. The molecule has 0 saturated heterocycles. The van der Waals surface area contributed by atoms with Crippen LogP contribution in [0.15, 0.2) is 36.5 Å². The van der Waals surface area contributed by atoms with E-state index in [1.165, 1.54) is 0 Å². The van der Waals surface area contributed by atoms with Gasteiger partial charge in [0.25, 0.3) is 0 Å². The Morgan fingerprint density at radius 2 is 2.15 bits per heavy atom. The van der Waals surface area contributed by atoms with E-state index in [0.29, 0.717) is 5.75 Å². The second-order valence-electron chi connectivity index (χ2n) is 4.85. The van der Waals surface area contributed by atoms with E-state index in [0.717, 1.165) is 10.9 Å². The summed E-state index contributed by atoms with van der Waals surface area (Å²) in [7, 11) is 0. The van der Waals surface area contributed by atoms with Gasteiger partial charge in [0.2, 0.25) is 0 Å². The number of benzene rings is 1. The summed E-state index contributed by atoms with van der Waals surface area (Å²) in [5, 5.41) is 13.0. The maximum atomic E-state index is 11.2. The average Bonchev–Trinajstić information content (AvgIpc) is 2.42. The minimum Gasteiger partial charge on any atom is -0.491 e. The number of carbonyl (C=O) groups is 1. The molecule has 20 heavy (non-hydrogen) atoms. The SMILES string of the molecule is CC(C)NC(COc1cccc2ncccc12)C(=O)O. The summed E-state index contributed by atoms with van der Waals surface area (Å²) >= 11 is 0. The van der Waals surface area contributed by atoms with Crippen LogP contribution in [0.25, 0.3) is 10.9 Å². The molecule has 2 aromatic rings. The Morgan fingerprint density at radius 1 is 1.35 bits per heavy atom. The molecule has 1 heterocycles. The van der Waals surface area contributed by atoms with Crippen LogP contribution in [0.2, 0.25) is 0 Å². The van der Waals surface area contributed by atoms with Crippen LogP contribution >= 0.6 is 0 Å². The van der Waals surface area contributed by atoms with Gasteiger partial charge in [0, 0.05) is 17.6 Å². The summed E-state index contributed by atoms with van der Waals surface area (Å²) in [4.78, 5) is 15.4. The molecule has 0 aliphatic heterocycles. The molecule has 0 fully saturated rings. The van der Waals surface area contributed by atoms with Crippen LogP contribution in [0.3, 0.4) is 0 Å². The molecular formula is C15H18N2O3. The molecule has 0 aliphatic rings. The first kappa shape index (κ1) is 14.3. The van der Waals surface area contributed by atoms with Crippen LogP contribution in [0, 0.1) is 0 Å². The molecule has 0 saturated carbocycles. The Bertz CT molecular complexity index is 593. The second kappa shape index (κ2) is 6.34. The molecule has 0 aliphatic carbocycles. The number of hydrogen-bond donors (Lipinski definition) is 2. The van der Waals surface area contributed by atoms with Crippen molar-refractivity contribution in [1.82, 2.24) is 10.3 Å². The van der Waals surface area contributed by atoms with Crippen LogP contribution in [-0.2, 0) is 4.79 Å². The number of ether oxygens (including phenoxy) is 1. The zero-order chi connectivity index (χ0) is 14.5. The molecule has 106 valence electrons. The van der Waals surface area contributed by atoms with Gasteiger partial charge in [0.05, 0.1) is 5.52 Å². The second-order valence-corrected chi connectivity index (χ2v) is 4.85. The third-order valence-corrected chi connectivity index (χ3v) is 2.84. The van der Waals surface area contributed by atoms with Gasteiger partial charge in [-0.2, -0.15) is 0 Å². The predicted octanol–water partition coefficient (Wildman–Crippen LogP) is 2.06. The highest BCUT2D eigenvalue weighted by Crippen LogP contribution is 2.23. The fourth-order valence-electron chi connectivity index (χ4n) is 1.97. The minimum absolute atomic E-state index is 0.0710. The van der Waals surface area contributed by atoms with Gasteiger partial charge in [-0.25, -0.2) is 0 Å². The Hall–Kier alpha value is -2.14. The van der Waals surface area contributed by atoms with Gasteiger partial charge < -0.3 is 9.84 Å². The topological polar surface area (TPSA) is 71.5 Å². The van der Waals surface area contributed by atoms with E-state index in [9.17, 15) is 4.79 Å². The Balaban J connectivity index is 2.13. The summed E-state index contributed by atoms with van der Waals surface area (Å²) in [6, 6.07) is 8.63. The van der Waals surface area contributed by atoms with Gasteiger partial charge in [-0.15, -0.1) is 0 Å². The van der Waals surface area contributed by atoms with Crippen molar-refractivity contribution >= 4 is 16.9 Å². The number of hydrogen-bond acceptors (Lipinski definition) is 4. The number of aliphatic carboxylic acids is 1. The lowest BCUT2D eigenvalue weighted by Gasteiger charge is -2.18. The maximum absolute atomic E-state index is 11.2. The molecule has 5 heteroatoms. The van der Waals surface area contributed by atoms with Gasteiger partial charge >= 0.3 is 5.97 Å². The fourth-order valence-corrected chi connectivity index (χ4v) is 1.97. The van der Waals surface area contributed by atoms with Crippen LogP contribution in [-0.4, -0.2) is 34.8 Å². The summed E-state index contributed by atoms with van der Waals surface area (Å²) in [6.07, 6.45) is 1.71. The van der Waals surface area contributed by atoms with E-state index < -0.39 is 12.0 Å². The van der Waals surface area contributed by atoms with Crippen LogP contribution in [0.1, 0.15) is 13.8 Å². The number of aromatic nitrogens is 1. The van der Waals surface area contributed by atoms with Crippen molar-refractivity contribution in [2.75, 3.05) is 6.61 Å². The van der Waals surface area contributed by atoms with Crippen molar-refractivity contribution in [2.24, 2.45) is 0 Å². The molecule has 1 atom stereocenters. The van der Waals surface area contributed by atoms with E-state index in [1.54, 1.807) is 6.20 Å². The van der Waals surface area contributed by atoms with Crippen molar-refractivity contribution in [3.8, 4) is 5.75 Å². The molecular weight excluding hydrogens is 256 g/mol. The average molecular weight is 274 g/mol. The van der Waals surface area contributed by atoms with Gasteiger partial charge in [-0.1, -0.05) is 19.9 Å². The van der Waals surface area contributed by atoms with E-state index in [4.69, 9.17) is 9.84 Å². The van der Waals surface area contributed by atoms with Crippen molar-refractivity contribution in [3.63, 3.8) is 0 Å². The summed E-state index contributed by atoms with van der Waals surface area (Å²) in [6.45, 7) is 3.87. The number of nitrogens with one attached hydrogen (secondary N) is 1. The first-order valence-electron chi connectivity index (χ1n) is 6.53. The molecule has 5 nitrogen and oxygen atoms in total. The quantitative estimate of drug-likeness (QED) is 0.843. The zero-order valence-corrected chi connectivity index (χ0v) is 11.5. The number of pyridine rings is 1. The fraction of sp³-hybridized carbons (Fsp3) is 0.333. The normalized spacial score (nSPS) is 12.6. The lowest BCUT2D eigenvalue weighted by Crippen LogP contribution is -2.44. The number of fused-ring (bicyclic) bond motifs is 1. The van der Waals surface area contributed by atoms with E-state index in [1.807, 2.05) is 44.2 Å². The third-order valence-electron chi connectivity index (χ3n) is 2.84. The zero-order valence-electron chi connectivity index (χ0n) is 11.5. The highest BCUT2D eigenvalue weighted by molar-refractivity contribution is 5.84. The molecule has 0 amide bonds. The molecule has 1 aromatic carbocycles. The van der Waals surface area contributed by atoms with Crippen molar-refractivity contribution in [3.05, 3.63) is 36.5 Å². The highest BCUT2D eigenvalue weighted by Gasteiger charge is 2.19. The maximum Gasteiger partial charge on any atom is 0.324 e. The van der Waals surface area contributed by atoms with Gasteiger partial charge in [-0.05, 0) is 24.3 Å². The van der Waals surface area contributed by atoms with Gasteiger partial charge in [-0.3, -0.25) is 15.1 Å². The largest absolute Gasteiger partial charge is 0.491 e. The highest BCUT2D eigenvalue weighted by atomic mass is 16.5. The number of nitrogens with zero attached hydrogens (tertiary/aromatic N) is 1. The van der Waals surface area contributed by atoms with Crippen molar-refractivity contribution in [1.29, 1.82) is 0 Å². The Morgan fingerprint density at radius 3 is 2.85 bits per heavy atom. The standard InChI is InChI=1S/C15H18N2O3/c1-10(2)17-13(15(18)19)9-20-14-7-3-6-12-11(14)5-4-8-16-12/h3-8,10,13,17H,9H2,1-2H3,(H,18,19). The van der Waals surface area contributed by atoms with Crippen LogP contribution in [0.5, 0.6) is 5.75 Å². The number of carboxylic acid groups (broad SMARTS) is 1. The van der Waals surface area contributed by atoms with Crippen molar-refractivity contribution in [2.45, 2.75) is 25.9 Å². The molecule has 0 spiro atoms. The minimum atomic E-state index is -0.919. The van der Waals surface area contributed by atoms with E-state index in [2.05, 4.69) is 10.3 Å². The van der Waals surface area contributed by atoms with Crippen LogP contribution in [0.4, 0.5) is 0 Å². The Labute approximate surface area is 117 Å². The molecule has 0 bridgehead atoms. The summed E-state index contributed by atoms with van der Waals surface area (Å²) < 4.78 is 5.66. The lowest BCUT2D eigenvalue weighted by atomic mass is 10.2. The van der Waals surface area contributed by atoms with Gasteiger partial charge in [0.15, 0.2) is 0 Å². The molecule has 1 unspecified atom stereocenters. The summed E-state index contributed by atoms with van der Waals surface area (Å²) in [5.74, 6) is -0.274.